The van der Waals surface area contributed by atoms with Crippen LogP contribution in [0.15, 0.2) is 30.5 Å². The van der Waals surface area contributed by atoms with E-state index < -0.39 is 15.6 Å². The lowest BCUT2D eigenvalue weighted by molar-refractivity contribution is 0.0929. The first-order chi connectivity index (χ1) is 13.2. The number of rotatable bonds is 6. The summed E-state index contributed by atoms with van der Waals surface area (Å²) in [5.74, 6) is -0.362. The number of carbonyl (C=O) groups excluding carboxylic acids is 1. The van der Waals surface area contributed by atoms with Gasteiger partial charge in [-0.05, 0) is 37.1 Å². The summed E-state index contributed by atoms with van der Waals surface area (Å²) in [7, 11) is -3.38. The average molecular weight is 445 g/mol. The first-order valence-corrected chi connectivity index (χ1v) is 11.6. The van der Waals surface area contributed by atoms with E-state index in [1.807, 2.05) is 0 Å². The number of benzene rings is 1. The van der Waals surface area contributed by atoms with Crippen molar-refractivity contribution in [3.8, 4) is 5.69 Å². The maximum Gasteiger partial charge on any atom is 0.271 e. The van der Waals surface area contributed by atoms with Crippen LogP contribution in [-0.4, -0.2) is 42.4 Å². The molecular formula is C18H22Cl2N4O3S. The highest BCUT2D eigenvalue weighted by Gasteiger charge is 2.35. The van der Waals surface area contributed by atoms with Crippen LogP contribution in [0, 0.1) is 0 Å². The predicted molar refractivity (Wildman–Crippen MR) is 110 cm³/mol. The number of nitrogens with zero attached hydrogens (tertiary/aromatic N) is 2. The normalized spacial score (nSPS) is 16.7. The number of hydrogen-bond acceptors (Lipinski definition) is 4. The minimum atomic E-state index is -3.38. The lowest BCUT2D eigenvalue weighted by Gasteiger charge is -2.37. The molecule has 1 heterocycles. The van der Waals surface area contributed by atoms with Crippen LogP contribution in [0.2, 0.25) is 10.0 Å². The molecule has 28 heavy (non-hydrogen) atoms. The van der Waals surface area contributed by atoms with Gasteiger partial charge in [0.2, 0.25) is 10.0 Å². The fraction of sp³-hybridized carbons (Fsp3) is 0.444. The van der Waals surface area contributed by atoms with Gasteiger partial charge in [0.05, 0.1) is 27.5 Å². The summed E-state index contributed by atoms with van der Waals surface area (Å²) in [6.07, 6.45) is 7.09. The van der Waals surface area contributed by atoms with Gasteiger partial charge in [-0.25, -0.2) is 17.8 Å². The topological polar surface area (TPSA) is 93.1 Å². The van der Waals surface area contributed by atoms with E-state index >= 15 is 0 Å². The zero-order valence-electron chi connectivity index (χ0n) is 15.4. The van der Waals surface area contributed by atoms with Gasteiger partial charge in [0.1, 0.15) is 0 Å². The molecular weight excluding hydrogens is 423 g/mol. The van der Waals surface area contributed by atoms with Crippen molar-refractivity contribution >= 4 is 39.1 Å². The molecule has 1 aliphatic carbocycles. The van der Waals surface area contributed by atoms with Crippen molar-refractivity contribution in [1.82, 2.24) is 19.8 Å². The zero-order chi connectivity index (χ0) is 20.4. The number of sulfonamides is 1. The monoisotopic (exact) mass is 444 g/mol. The van der Waals surface area contributed by atoms with Crippen LogP contribution in [0.5, 0.6) is 0 Å². The van der Waals surface area contributed by atoms with Crippen LogP contribution < -0.4 is 10.0 Å². The van der Waals surface area contributed by atoms with Crippen LogP contribution in [-0.2, 0) is 10.0 Å². The van der Waals surface area contributed by atoms with Gasteiger partial charge in [0.25, 0.3) is 5.91 Å². The van der Waals surface area contributed by atoms with E-state index in [0.29, 0.717) is 28.6 Å². The fourth-order valence-corrected chi connectivity index (χ4v) is 4.85. The SMILES string of the molecule is CS(=O)(=O)NC1(CNC(=O)c2ccn(-c3ccc(Cl)c(Cl)c3)n2)CCCCC1. The lowest BCUT2D eigenvalue weighted by Crippen LogP contribution is -2.56. The molecule has 1 amide bonds. The summed E-state index contributed by atoms with van der Waals surface area (Å²) >= 11 is 12.0. The van der Waals surface area contributed by atoms with Gasteiger partial charge in [-0.2, -0.15) is 5.10 Å². The molecule has 0 radical (unpaired) electrons. The van der Waals surface area contributed by atoms with E-state index in [-0.39, 0.29) is 18.1 Å². The van der Waals surface area contributed by atoms with E-state index in [0.717, 1.165) is 25.5 Å². The highest BCUT2D eigenvalue weighted by atomic mass is 35.5. The van der Waals surface area contributed by atoms with Crippen molar-refractivity contribution in [2.24, 2.45) is 0 Å². The minimum Gasteiger partial charge on any atom is -0.349 e. The van der Waals surface area contributed by atoms with Crippen LogP contribution in [0.3, 0.4) is 0 Å². The summed E-state index contributed by atoms with van der Waals surface area (Å²) in [6.45, 7) is 0.221. The van der Waals surface area contributed by atoms with Crippen molar-refractivity contribution in [1.29, 1.82) is 0 Å². The van der Waals surface area contributed by atoms with E-state index in [9.17, 15) is 13.2 Å². The van der Waals surface area contributed by atoms with E-state index in [1.54, 1.807) is 30.5 Å². The standard InChI is InChI=1S/C18H22Cl2N4O3S/c1-28(26,27)23-18(8-3-2-4-9-18)12-21-17(25)16-7-10-24(22-16)13-5-6-14(19)15(20)11-13/h5-7,10-11,23H,2-4,8-9,12H2,1H3,(H,21,25). The Bertz CT molecular complexity index is 969. The molecule has 7 nitrogen and oxygen atoms in total. The van der Waals surface area contributed by atoms with Gasteiger partial charge in [0, 0.05) is 12.7 Å². The Morgan fingerprint density at radius 1 is 1.18 bits per heavy atom. The Labute approximate surface area is 174 Å². The summed E-state index contributed by atoms with van der Waals surface area (Å²) < 4.78 is 27.8. The Morgan fingerprint density at radius 3 is 2.54 bits per heavy atom. The van der Waals surface area contributed by atoms with Gasteiger partial charge in [-0.3, -0.25) is 4.79 Å². The molecule has 0 atom stereocenters. The molecule has 152 valence electrons. The van der Waals surface area contributed by atoms with Crippen LogP contribution >= 0.6 is 23.2 Å². The van der Waals surface area contributed by atoms with Crippen LogP contribution in [0.25, 0.3) is 5.69 Å². The third-order valence-electron chi connectivity index (χ3n) is 4.79. The largest absolute Gasteiger partial charge is 0.349 e. The molecule has 0 unspecified atom stereocenters. The number of halogens is 2. The number of aromatic nitrogens is 2. The molecule has 0 saturated heterocycles. The zero-order valence-corrected chi connectivity index (χ0v) is 17.7. The van der Waals surface area contributed by atoms with Crippen LogP contribution in [0.4, 0.5) is 0 Å². The predicted octanol–water partition coefficient (Wildman–Crippen LogP) is 3.16. The van der Waals surface area contributed by atoms with Crippen molar-refractivity contribution in [2.75, 3.05) is 12.8 Å². The second kappa shape index (κ2) is 8.41. The minimum absolute atomic E-state index is 0.221. The van der Waals surface area contributed by atoms with Gasteiger partial charge in [-0.15, -0.1) is 0 Å². The van der Waals surface area contributed by atoms with Crippen molar-refractivity contribution in [3.63, 3.8) is 0 Å². The van der Waals surface area contributed by atoms with E-state index in [4.69, 9.17) is 23.2 Å². The Balaban J connectivity index is 1.70. The summed E-state index contributed by atoms with van der Waals surface area (Å²) in [5.41, 5.74) is 0.264. The van der Waals surface area contributed by atoms with Crippen molar-refractivity contribution in [2.45, 2.75) is 37.6 Å². The summed E-state index contributed by atoms with van der Waals surface area (Å²) in [6, 6.07) is 6.65. The molecule has 1 aromatic heterocycles. The smallest absolute Gasteiger partial charge is 0.271 e. The summed E-state index contributed by atoms with van der Waals surface area (Å²) in [4.78, 5) is 12.5. The molecule has 3 rings (SSSR count). The number of carbonyl (C=O) groups is 1. The maximum atomic E-state index is 12.5. The molecule has 1 aromatic carbocycles. The quantitative estimate of drug-likeness (QED) is 0.715. The molecule has 1 saturated carbocycles. The van der Waals surface area contributed by atoms with E-state index in [2.05, 4.69) is 15.1 Å². The van der Waals surface area contributed by atoms with Crippen LogP contribution in [0.1, 0.15) is 42.6 Å². The number of hydrogen-bond donors (Lipinski definition) is 2. The van der Waals surface area contributed by atoms with Gasteiger partial charge in [0.15, 0.2) is 5.69 Å². The van der Waals surface area contributed by atoms with Crippen molar-refractivity contribution in [3.05, 3.63) is 46.2 Å². The molecule has 0 aliphatic heterocycles. The molecule has 0 spiro atoms. The molecule has 2 N–H and O–H groups in total. The molecule has 1 fully saturated rings. The Hall–Kier alpha value is -1.61. The van der Waals surface area contributed by atoms with Gasteiger partial charge < -0.3 is 5.32 Å². The highest BCUT2D eigenvalue weighted by molar-refractivity contribution is 7.88. The summed E-state index contributed by atoms with van der Waals surface area (Å²) in [5, 5.41) is 7.94. The Kier molecular flexibility index (Phi) is 6.34. The third kappa shape index (κ3) is 5.26. The molecule has 10 heteroatoms. The Morgan fingerprint density at radius 2 is 1.89 bits per heavy atom. The second-order valence-electron chi connectivity index (χ2n) is 7.14. The first-order valence-electron chi connectivity index (χ1n) is 8.96. The maximum absolute atomic E-state index is 12.5. The average Bonchev–Trinajstić information content (AvgIpc) is 3.12. The highest BCUT2D eigenvalue weighted by Crippen LogP contribution is 2.28. The number of nitrogens with one attached hydrogen (secondary N) is 2. The lowest BCUT2D eigenvalue weighted by atomic mass is 9.82. The van der Waals surface area contributed by atoms with Gasteiger partial charge in [-0.1, -0.05) is 42.5 Å². The van der Waals surface area contributed by atoms with E-state index in [1.165, 1.54) is 4.68 Å². The first kappa shape index (κ1) is 21.1. The second-order valence-corrected chi connectivity index (χ2v) is 9.70. The molecule has 1 aliphatic rings. The van der Waals surface area contributed by atoms with Crippen molar-refractivity contribution < 1.29 is 13.2 Å². The third-order valence-corrected chi connectivity index (χ3v) is 6.33. The molecule has 0 bridgehead atoms. The molecule has 2 aromatic rings. The fourth-order valence-electron chi connectivity index (χ4n) is 3.49. The number of amides is 1. The van der Waals surface area contributed by atoms with Gasteiger partial charge >= 0.3 is 0 Å².